The lowest BCUT2D eigenvalue weighted by Crippen LogP contribution is -2.23. The van der Waals surface area contributed by atoms with E-state index in [-0.39, 0.29) is 16.9 Å². The fourth-order valence-corrected chi connectivity index (χ4v) is 2.94. The van der Waals surface area contributed by atoms with E-state index in [9.17, 15) is 18.0 Å². The van der Waals surface area contributed by atoms with Gasteiger partial charge in [0.1, 0.15) is 5.82 Å². The molecule has 0 radical (unpaired) electrons. The van der Waals surface area contributed by atoms with E-state index in [1.165, 1.54) is 12.3 Å². The van der Waals surface area contributed by atoms with Crippen molar-refractivity contribution in [2.75, 3.05) is 18.0 Å². The SMILES string of the molecule is NC(=O)c1ccccc1-c1cnc(N2CCCC2)c(C(F)(F)F)c1. The van der Waals surface area contributed by atoms with Crippen molar-refractivity contribution in [1.82, 2.24) is 4.98 Å². The van der Waals surface area contributed by atoms with Gasteiger partial charge in [-0.15, -0.1) is 0 Å². The van der Waals surface area contributed by atoms with E-state index in [0.717, 1.165) is 18.9 Å². The van der Waals surface area contributed by atoms with Crippen molar-refractivity contribution in [2.24, 2.45) is 5.73 Å². The predicted molar refractivity (Wildman–Crippen MR) is 84.6 cm³/mol. The number of nitrogens with zero attached hydrogens (tertiary/aromatic N) is 2. The third-order valence-corrected chi connectivity index (χ3v) is 4.08. The van der Waals surface area contributed by atoms with Gasteiger partial charge in [0.05, 0.1) is 5.56 Å². The van der Waals surface area contributed by atoms with Gasteiger partial charge in [0.25, 0.3) is 0 Å². The Morgan fingerprint density at radius 2 is 1.83 bits per heavy atom. The van der Waals surface area contributed by atoms with Crippen molar-refractivity contribution >= 4 is 11.7 Å². The lowest BCUT2D eigenvalue weighted by atomic mass is 9.99. The maximum Gasteiger partial charge on any atom is 0.419 e. The number of hydrogen-bond acceptors (Lipinski definition) is 3. The van der Waals surface area contributed by atoms with Crippen LogP contribution in [-0.2, 0) is 6.18 Å². The summed E-state index contributed by atoms with van der Waals surface area (Å²) in [4.78, 5) is 17.2. The average Bonchev–Trinajstić information content (AvgIpc) is 3.08. The second-order valence-corrected chi connectivity index (χ2v) is 5.70. The first kappa shape index (κ1) is 16.3. The first-order valence-corrected chi connectivity index (χ1v) is 7.59. The monoisotopic (exact) mass is 335 g/mol. The van der Waals surface area contributed by atoms with Crippen LogP contribution in [0.1, 0.15) is 28.8 Å². The molecule has 1 aliphatic rings. The quantitative estimate of drug-likeness (QED) is 0.934. The molecule has 0 spiro atoms. The summed E-state index contributed by atoms with van der Waals surface area (Å²) in [6.45, 7) is 1.13. The molecule has 0 saturated carbocycles. The second-order valence-electron chi connectivity index (χ2n) is 5.70. The Kier molecular flexibility index (Phi) is 4.17. The average molecular weight is 335 g/mol. The molecule has 7 heteroatoms. The van der Waals surface area contributed by atoms with Crippen LogP contribution in [0.25, 0.3) is 11.1 Å². The number of carbonyl (C=O) groups excluding carboxylic acids is 1. The number of pyridine rings is 1. The number of hydrogen-bond donors (Lipinski definition) is 1. The summed E-state index contributed by atoms with van der Waals surface area (Å²) in [6, 6.07) is 7.35. The molecule has 1 aliphatic heterocycles. The van der Waals surface area contributed by atoms with E-state index < -0.39 is 17.6 Å². The van der Waals surface area contributed by atoms with Gasteiger partial charge >= 0.3 is 6.18 Å². The topological polar surface area (TPSA) is 59.2 Å². The van der Waals surface area contributed by atoms with E-state index in [1.54, 1.807) is 23.1 Å². The normalized spacial score (nSPS) is 14.9. The molecule has 4 nitrogen and oxygen atoms in total. The first-order chi connectivity index (χ1) is 11.4. The van der Waals surface area contributed by atoms with Crippen LogP contribution in [-0.4, -0.2) is 24.0 Å². The van der Waals surface area contributed by atoms with Gasteiger partial charge in [-0.3, -0.25) is 4.79 Å². The van der Waals surface area contributed by atoms with Crippen LogP contribution in [0, 0.1) is 0 Å². The van der Waals surface area contributed by atoms with Crippen molar-refractivity contribution < 1.29 is 18.0 Å². The Morgan fingerprint density at radius 1 is 1.17 bits per heavy atom. The zero-order valence-electron chi connectivity index (χ0n) is 12.8. The van der Waals surface area contributed by atoms with Gasteiger partial charge in [0, 0.05) is 30.4 Å². The van der Waals surface area contributed by atoms with E-state index in [1.807, 2.05) is 0 Å². The van der Waals surface area contributed by atoms with E-state index in [2.05, 4.69) is 4.98 Å². The lowest BCUT2D eigenvalue weighted by Gasteiger charge is -2.22. The fourth-order valence-electron chi connectivity index (χ4n) is 2.94. The minimum Gasteiger partial charge on any atom is -0.366 e. The molecule has 1 aromatic heterocycles. The molecule has 2 heterocycles. The molecule has 2 aromatic rings. The number of amides is 1. The highest BCUT2D eigenvalue weighted by molar-refractivity contribution is 5.99. The van der Waals surface area contributed by atoms with Gasteiger partial charge in [-0.25, -0.2) is 4.98 Å². The number of benzene rings is 1. The molecule has 3 rings (SSSR count). The summed E-state index contributed by atoms with van der Waals surface area (Å²) in [6.07, 6.45) is -1.45. The van der Waals surface area contributed by atoms with Gasteiger partial charge in [-0.2, -0.15) is 13.2 Å². The molecule has 0 bridgehead atoms. The molecular formula is C17H16F3N3O. The summed E-state index contributed by atoms with van der Waals surface area (Å²) in [7, 11) is 0. The van der Waals surface area contributed by atoms with Gasteiger partial charge in [-0.05, 0) is 30.5 Å². The van der Waals surface area contributed by atoms with Crippen LogP contribution in [0.3, 0.4) is 0 Å². The fraction of sp³-hybridized carbons (Fsp3) is 0.294. The molecule has 0 aliphatic carbocycles. The number of carbonyl (C=O) groups is 1. The zero-order valence-corrected chi connectivity index (χ0v) is 12.8. The number of halogens is 3. The molecular weight excluding hydrogens is 319 g/mol. The highest BCUT2D eigenvalue weighted by atomic mass is 19.4. The molecule has 24 heavy (non-hydrogen) atoms. The highest BCUT2D eigenvalue weighted by Gasteiger charge is 2.37. The molecule has 1 aromatic carbocycles. The van der Waals surface area contributed by atoms with Crippen LogP contribution >= 0.6 is 0 Å². The molecule has 1 amide bonds. The number of aromatic nitrogens is 1. The number of anilines is 1. The number of rotatable bonds is 3. The predicted octanol–water partition coefficient (Wildman–Crippen LogP) is 3.47. The number of primary amides is 1. The Bertz CT molecular complexity index is 768. The van der Waals surface area contributed by atoms with Crippen LogP contribution in [0.2, 0.25) is 0 Å². The van der Waals surface area contributed by atoms with E-state index >= 15 is 0 Å². The van der Waals surface area contributed by atoms with E-state index in [4.69, 9.17) is 5.73 Å². The van der Waals surface area contributed by atoms with Crippen molar-refractivity contribution in [2.45, 2.75) is 19.0 Å². The van der Waals surface area contributed by atoms with Crippen LogP contribution in [0.5, 0.6) is 0 Å². The van der Waals surface area contributed by atoms with Crippen molar-refractivity contribution in [3.05, 3.63) is 47.7 Å². The minimum absolute atomic E-state index is 0.0553. The van der Waals surface area contributed by atoms with Gasteiger partial charge in [0.15, 0.2) is 0 Å². The third-order valence-electron chi connectivity index (χ3n) is 4.08. The lowest BCUT2D eigenvalue weighted by molar-refractivity contribution is -0.137. The second kappa shape index (κ2) is 6.14. The Hall–Kier alpha value is -2.57. The smallest absolute Gasteiger partial charge is 0.366 e. The van der Waals surface area contributed by atoms with Crippen molar-refractivity contribution in [1.29, 1.82) is 0 Å². The van der Waals surface area contributed by atoms with Crippen molar-refractivity contribution in [3.63, 3.8) is 0 Å². The van der Waals surface area contributed by atoms with Crippen LogP contribution in [0.15, 0.2) is 36.5 Å². The molecule has 0 unspecified atom stereocenters. The maximum atomic E-state index is 13.5. The first-order valence-electron chi connectivity index (χ1n) is 7.59. The van der Waals surface area contributed by atoms with Gasteiger partial charge in [-0.1, -0.05) is 18.2 Å². The Balaban J connectivity index is 2.13. The summed E-state index contributed by atoms with van der Waals surface area (Å²) in [5.41, 5.74) is 5.26. The van der Waals surface area contributed by atoms with Gasteiger partial charge in [0.2, 0.25) is 5.91 Å². The summed E-state index contributed by atoms with van der Waals surface area (Å²) in [5, 5.41) is 0. The minimum atomic E-state index is -4.53. The highest BCUT2D eigenvalue weighted by Crippen LogP contribution is 2.39. The largest absolute Gasteiger partial charge is 0.419 e. The summed E-state index contributed by atoms with van der Waals surface area (Å²) < 4.78 is 40.5. The number of nitrogens with two attached hydrogens (primary N) is 1. The molecule has 2 N–H and O–H groups in total. The molecule has 1 fully saturated rings. The Labute approximate surface area is 137 Å². The van der Waals surface area contributed by atoms with E-state index in [0.29, 0.717) is 18.7 Å². The van der Waals surface area contributed by atoms with Crippen molar-refractivity contribution in [3.8, 4) is 11.1 Å². The van der Waals surface area contributed by atoms with Crippen LogP contribution < -0.4 is 10.6 Å². The molecule has 1 saturated heterocycles. The maximum absolute atomic E-state index is 13.5. The Morgan fingerprint density at radius 3 is 2.46 bits per heavy atom. The van der Waals surface area contributed by atoms with Crippen LogP contribution in [0.4, 0.5) is 19.0 Å². The summed E-state index contributed by atoms with van der Waals surface area (Å²) in [5.74, 6) is -0.747. The molecule has 0 atom stereocenters. The zero-order chi connectivity index (χ0) is 17.3. The standard InChI is InChI=1S/C17H16F3N3O/c18-17(19,20)14-9-11(10-22-16(14)23-7-3-4-8-23)12-5-1-2-6-13(12)15(21)24/h1-2,5-6,9-10H,3-4,7-8H2,(H2,21,24). The molecule has 126 valence electrons. The summed E-state index contributed by atoms with van der Waals surface area (Å²) >= 11 is 0. The number of alkyl halides is 3. The van der Waals surface area contributed by atoms with Gasteiger partial charge < -0.3 is 10.6 Å². The third kappa shape index (κ3) is 3.06.